The summed E-state index contributed by atoms with van der Waals surface area (Å²) in [6.45, 7) is 0.812. The Morgan fingerprint density at radius 1 is 0.958 bits per heavy atom. The fraction of sp³-hybridized carbons (Fsp3) is 0.273. The average Bonchev–Trinajstić information content (AvgIpc) is 2.65. The number of hydrogen-bond donors (Lipinski definition) is 0. The van der Waals surface area contributed by atoms with Gasteiger partial charge in [-0.05, 0) is 58.5 Å². The molecule has 122 valence electrons. The first-order chi connectivity index (χ1) is 11.9. The van der Waals surface area contributed by atoms with Crippen LogP contribution in [0.2, 0.25) is 0 Å². The molecule has 1 aliphatic rings. The highest BCUT2D eigenvalue weighted by atomic mass is 16.7. The standard InChI is InChI=1S/C22H22O2/c1-3-10-19-17(8-1)16-18-9-2-4-11-20(18)21(19)12-7-15-24-22-13-5-6-14-23-22/h1-4,7-11,15-16,22H,5-6,12-14H2/b15-7+. The Morgan fingerprint density at radius 3 is 2.33 bits per heavy atom. The molecule has 1 unspecified atom stereocenters. The maximum absolute atomic E-state index is 5.73. The van der Waals surface area contributed by atoms with E-state index in [9.17, 15) is 0 Å². The molecule has 3 aromatic rings. The van der Waals surface area contributed by atoms with E-state index in [1.807, 2.05) is 6.26 Å². The Bertz CT molecular complexity index is 806. The summed E-state index contributed by atoms with van der Waals surface area (Å²) in [6.07, 6.45) is 8.02. The number of benzene rings is 3. The van der Waals surface area contributed by atoms with Crippen LogP contribution in [0.25, 0.3) is 21.5 Å². The SMILES string of the molecule is C(=C\OC1CCCCO1)/Cc1c2ccccc2cc2ccccc12. The molecule has 3 aromatic carbocycles. The molecule has 0 aliphatic carbocycles. The fourth-order valence-corrected chi connectivity index (χ4v) is 3.46. The van der Waals surface area contributed by atoms with E-state index in [1.54, 1.807) is 0 Å². The predicted molar refractivity (Wildman–Crippen MR) is 99.0 cm³/mol. The lowest BCUT2D eigenvalue weighted by Crippen LogP contribution is -2.19. The van der Waals surface area contributed by atoms with Gasteiger partial charge in [0.15, 0.2) is 6.29 Å². The van der Waals surface area contributed by atoms with Crippen molar-refractivity contribution in [3.05, 3.63) is 72.5 Å². The summed E-state index contributed by atoms with van der Waals surface area (Å²) < 4.78 is 11.3. The minimum absolute atomic E-state index is 0.0701. The zero-order valence-corrected chi connectivity index (χ0v) is 13.8. The summed E-state index contributed by atoms with van der Waals surface area (Å²) in [7, 11) is 0. The Hall–Kier alpha value is -2.32. The maximum atomic E-state index is 5.73. The van der Waals surface area contributed by atoms with Gasteiger partial charge in [-0.25, -0.2) is 0 Å². The van der Waals surface area contributed by atoms with E-state index in [0.717, 1.165) is 25.9 Å². The molecule has 1 heterocycles. The van der Waals surface area contributed by atoms with Crippen LogP contribution < -0.4 is 0 Å². The predicted octanol–water partition coefficient (Wildman–Crippen LogP) is 5.59. The minimum Gasteiger partial charge on any atom is -0.473 e. The smallest absolute Gasteiger partial charge is 0.198 e. The van der Waals surface area contributed by atoms with Crippen LogP contribution >= 0.6 is 0 Å². The van der Waals surface area contributed by atoms with Crippen molar-refractivity contribution in [2.75, 3.05) is 6.61 Å². The summed E-state index contributed by atoms with van der Waals surface area (Å²) in [5.74, 6) is 0. The Kier molecular flexibility index (Phi) is 4.48. The quantitative estimate of drug-likeness (QED) is 0.461. The van der Waals surface area contributed by atoms with Crippen molar-refractivity contribution in [2.45, 2.75) is 32.0 Å². The maximum Gasteiger partial charge on any atom is 0.198 e. The summed E-state index contributed by atoms with van der Waals surface area (Å²) in [4.78, 5) is 0. The van der Waals surface area contributed by atoms with Gasteiger partial charge in [0.2, 0.25) is 0 Å². The van der Waals surface area contributed by atoms with Crippen LogP contribution in [0.3, 0.4) is 0 Å². The first kappa shape index (κ1) is 15.2. The summed E-state index contributed by atoms with van der Waals surface area (Å²) in [5, 5.41) is 5.21. The molecule has 1 fully saturated rings. The summed E-state index contributed by atoms with van der Waals surface area (Å²) in [6, 6.07) is 19.5. The van der Waals surface area contributed by atoms with Crippen molar-refractivity contribution in [2.24, 2.45) is 0 Å². The molecule has 1 atom stereocenters. The van der Waals surface area contributed by atoms with Gasteiger partial charge in [-0.1, -0.05) is 48.5 Å². The number of fused-ring (bicyclic) bond motifs is 2. The van der Waals surface area contributed by atoms with Gasteiger partial charge in [0.1, 0.15) is 0 Å². The molecule has 4 rings (SSSR count). The molecule has 1 saturated heterocycles. The van der Waals surface area contributed by atoms with Gasteiger partial charge in [-0.2, -0.15) is 0 Å². The van der Waals surface area contributed by atoms with E-state index >= 15 is 0 Å². The Morgan fingerprint density at radius 2 is 1.67 bits per heavy atom. The molecule has 0 amide bonds. The third-order valence-corrected chi connectivity index (χ3v) is 4.67. The zero-order valence-electron chi connectivity index (χ0n) is 13.8. The number of hydrogen-bond acceptors (Lipinski definition) is 2. The topological polar surface area (TPSA) is 18.5 Å². The highest BCUT2D eigenvalue weighted by Gasteiger charge is 2.12. The van der Waals surface area contributed by atoms with Gasteiger partial charge in [0.05, 0.1) is 12.9 Å². The third-order valence-electron chi connectivity index (χ3n) is 4.67. The lowest BCUT2D eigenvalue weighted by molar-refractivity contribution is -0.129. The molecule has 0 spiro atoms. The van der Waals surface area contributed by atoms with Crippen LogP contribution in [0, 0.1) is 0 Å². The molecule has 2 heteroatoms. The Labute approximate surface area is 142 Å². The van der Waals surface area contributed by atoms with Crippen LogP contribution in [0.15, 0.2) is 66.9 Å². The minimum atomic E-state index is -0.0701. The second-order valence-electron chi connectivity index (χ2n) is 6.31. The fourth-order valence-electron chi connectivity index (χ4n) is 3.46. The van der Waals surface area contributed by atoms with Crippen molar-refractivity contribution in [1.29, 1.82) is 0 Å². The summed E-state index contributed by atoms with van der Waals surface area (Å²) in [5.41, 5.74) is 1.35. The third kappa shape index (κ3) is 3.15. The molecule has 0 radical (unpaired) electrons. The molecule has 0 bridgehead atoms. The lowest BCUT2D eigenvalue weighted by Gasteiger charge is -2.21. The van der Waals surface area contributed by atoms with Gasteiger partial charge >= 0.3 is 0 Å². The van der Waals surface area contributed by atoms with E-state index in [2.05, 4.69) is 60.7 Å². The Balaban J connectivity index is 1.61. The van der Waals surface area contributed by atoms with Crippen LogP contribution in [0.5, 0.6) is 0 Å². The van der Waals surface area contributed by atoms with E-state index in [0.29, 0.717) is 0 Å². The summed E-state index contributed by atoms with van der Waals surface area (Å²) >= 11 is 0. The van der Waals surface area contributed by atoms with Crippen LogP contribution in [0.1, 0.15) is 24.8 Å². The highest BCUT2D eigenvalue weighted by molar-refractivity contribution is 6.02. The van der Waals surface area contributed by atoms with Crippen molar-refractivity contribution in [3.63, 3.8) is 0 Å². The highest BCUT2D eigenvalue weighted by Crippen LogP contribution is 2.29. The van der Waals surface area contributed by atoms with E-state index in [-0.39, 0.29) is 6.29 Å². The van der Waals surface area contributed by atoms with E-state index in [1.165, 1.54) is 33.5 Å². The molecule has 1 aliphatic heterocycles. The van der Waals surface area contributed by atoms with Crippen molar-refractivity contribution >= 4 is 21.5 Å². The lowest BCUT2D eigenvalue weighted by atomic mass is 9.95. The van der Waals surface area contributed by atoms with E-state index in [4.69, 9.17) is 9.47 Å². The first-order valence-electron chi connectivity index (χ1n) is 8.73. The monoisotopic (exact) mass is 318 g/mol. The zero-order chi connectivity index (χ0) is 16.2. The van der Waals surface area contributed by atoms with Gasteiger partial charge in [-0.3, -0.25) is 0 Å². The second kappa shape index (κ2) is 7.06. The molecule has 24 heavy (non-hydrogen) atoms. The van der Waals surface area contributed by atoms with Crippen LogP contribution in [-0.4, -0.2) is 12.9 Å². The molecule has 0 aromatic heterocycles. The second-order valence-corrected chi connectivity index (χ2v) is 6.31. The number of rotatable bonds is 4. The molecule has 2 nitrogen and oxygen atoms in total. The van der Waals surface area contributed by atoms with Crippen LogP contribution in [-0.2, 0) is 15.9 Å². The van der Waals surface area contributed by atoms with Gasteiger partial charge in [-0.15, -0.1) is 0 Å². The first-order valence-corrected chi connectivity index (χ1v) is 8.73. The average molecular weight is 318 g/mol. The van der Waals surface area contributed by atoms with Crippen molar-refractivity contribution in [1.82, 2.24) is 0 Å². The van der Waals surface area contributed by atoms with Crippen molar-refractivity contribution < 1.29 is 9.47 Å². The number of allylic oxidation sites excluding steroid dienone is 1. The van der Waals surface area contributed by atoms with Crippen LogP contribution in [0.4, 0.5) is 0 Å². The van der Waals surface area contributed by atoms with Gasteiger partial charge in [0, 0.05) is 6.42 Å². The van der Waals surface area contributed by atoms with Gasteiger partial charge < -0.3 is 9.47 Å². The normalized spacial score (nSPS) is 18.4. The van der Waals surface area contributed by atoms with E-state index < -0.39 is 0 Å². The molecule has 0 N–H and O–H groups in total. The molecular weight excluding hydrogens is 296 g/mol. The molecular formula is C22H22O2. The largest absolute Gasteiger partial charge is 0.473 e. The van der Waals surface area contributed by atoms with Crippen molar-refractivity contribution in [3.8, 4) is 0 Å². The molecule has 0 saturated carbocycles. The van der Waals surface area contributed by atoms with Gasteiger partial charge in [0.25, 0.3) is 0 Å². The number of ether oxygens (including phenoxy) is 2.